The molecule has 0 fully saturated rings. The summed E-state index contributed by atoms with van der Waals surface area (Å²) >= 11 is 1.75. The molecule has 2 aromatic heterocycles. The monoisotopic (exact) mass is 426 g/mol. The summed E-state index contributed by atoms with van der Waals surface area (Å²) < 4.78 is 14.4. The molecular weight excluding hydrogens is 400 g/mol. The summed E-state index contributed by atoms with van der Waals surface area (Å²) in [5, 5.41) is 4.27. The van der Waals surface area contributed by atoms with Crippen LogP contribution in [0.25, 0.3) is 16.7 Å². The van der Waals surface area contributed by atoms with E-state index in [-0.39, 0.29) is 5.69 Å². The van der Waals surface area contributed by atoms with Crippen molar-refractivity contribution in [3.05, 3.63) is 70.9 Å². The summed E-state index contributed by atoms with van der Waals surface area (Å²) in [5.74, 6) is 1.34. The van der Waals surface area contributed by atoms with E-state index in [2.05, 4.69) is 10.1 Å². The van der Waals surface area contributed by atoms with E-state index in [4.69, 9.17) is 9.47 Å². The van der Waals surface area contributed by atoms with E-state index >= 15 is 0 Å². The predicted octanol–water partition coefficient (Wildman–Crippen LogP) is 3.95. The highest BCUT2D eigenvalue weighted by atomic mass is 32.2. The van der Waals surface area contributed by atoms with E-state index in [1.54, 1.807) is 34.3 Å². The van der Waals surface area contributed by atoms with Crippen LogP contribution in [0.15, 0.2) is 59.7 Å². The van der Waals surface area contributed by atoms with Crippen LogP contribution in [0.3, 0.4) is 0 Å². The fraction of sp³-hybridized carbons (Fsp3) is 0.273. The van der Waals surface area contributed by atoms with Gasteiger partial charge in [0.25, 0.3) is 0 Å². The molecule has 0 aliphatic rings. The van der Waals surface area contributed by atoms with Crippen LogP contribution in [0.5, 0.6) is 11.5 Å². The summed E-state index contributed by atoms with van der Waals surface area (Å²) in [6.45, 7) is 2.89. The SMILES string of the molecule is CCOc1cc(Cn2c(=O)[nH]c3c(-n4cccn4)cccc32)ccc1OC.CSC. The van der Waals surface area contributed by atoms with Gasteiger partial charge in [0.05, 0.1) is 37.0 Å². The lowest BCUT2D eigenvalue weighted by Gasteiger charge is -2.11. The second-order valence-corrected chi connectivity index (χ2v) is 7.28. The molecule has 4 rings (SSSR count). The van der Waals surface area contributed by atoms with Crippen molar-refractivity contribution in [1.82, 2.24) is 19.3 Å². The zero-order valence-corrected chi connectivity index (χ0v) is 18.4. The maximum atomic E-state index is 12.6. The number of methoxy groups -OCH3 is 1. The smallest absolute Gasteiger partial charge is 0.326 e. The van der Waals surface area contributed by atoms with E-state index in [9.17, 15) is 4.79 Å². The molecule has 0 atom stereocenters. The number of aromatic amines is 1. The molecule has 0 saturated carbocycles. The zero-order chi connectivity index (χ0) is 21.5. The van der Waals surface area contributed by atoms with Crippen molar-refractivity contribution >= 4 is 22.8 Å². The number of thioether (sulfide) groups is 1. The number of benzene rings is 2. The zero-order valence-electron chi connectivity index (χ0n) is 17.6. The fourth-order valence-electron chi connectivity index (χ4n) is 3.19. The molecule has 0 spiro atoms. The minimum absolute atomic E-state index is 0.168. The molecule has 2 heterocycles. The van der Waals surface area contributed by atoms with Gasteiger partial charge in [-0.2, -0.15) is 16.9 Å². The second kappa shape index (κ2) is 10.1. The van der Waals surface area contributed by atoms with Crippen LogP contribution < -0.4 is 15.2 Å². The molecule has 30 heavy (non-hydrogen) atoms. The maximum Gasteiger partial charge on any atom is 0.326 e. The van der Waals surface area contributed by atoms with Gasteiger partial charge in [0, 0.05) is 12.4 Å². The number of hydrogen-bond donors (Lipinski definition) is 1. The number of H-pyrrole nitrogens is 1. The van der Waals surface area contributed by atoms with Gasteiger partial charge in [-0.25, -0.2) is 9.48 Å². The Kier molecular flexibility index (Phi) is 7.24. The minimum Gasteiger partial charge on any atom is -0.493 e. The summed E-state index contributed by atoms with van der Waals surface area (Å²) in [4.78, 5) is 15.6. The lowest BCUT2D eigenvalue weighted by molar-refractivity contribution is 0.310. The van der Waals surface area contributed by atoms with E-state index in [1.165, 1.54) is 0 Å². The van der Waals surface area contributed by atoms with Gasteiger partial charge in [-0.05, 0) is 55.3 Å². The van der Waals surface area contributed by atoms with Crippen molar-refractivity contribution in [2.75, 3.05) is 26.2 Å². The number of aromatic nitrogens is 4. The van der Waals surface area contributed by atoms with Crippen molar-refractivity contribution < 1.29 is 9.47 Å². The van der Waals surface area contributed by atoms with Crippen LogP contribution in [-0.4, -0.2) is 45.6 Å². The Hall–Kier alpha value is -3.13. The first-order valence-electron chi connectivity index (χ1n) is 9.54. The molecule has 158 valence electrons. The Morgan fingerprint density at radius 2 is 1.93 bits per heavy atom. The fourth-order valence-corrected chi connectivity index (χ4v) is 3.19. The average Bonchev–Trinajstić information content (AvgIpc) is 3.38. The Morgan fingerprint density at radius 3 is 2.60 bits per heavy atom. The van der Waals surface area contributed by atoms with Gasteiger partial charge in [0.1, 0.15) is 0 Å². The third-order valence-electron chi connectivity index (χ3n) is 4.41. The Morgan fingerprint density at radius 1 is 1.13 bits per heavy atom. The van der Waals surface area contributed by atoms with Crippen LogP contribution in [-0.2, 0) is 6.54 Å². The van der Waals surface area contributed by atoms with Gasteiger partial charge >= 0.3 is 5.69 Å². The van der Waals surface area contributed by atoms with Crippen molar-refractivity contribution in [2.45, 2.75) is 13.5 Å². The molecule has 0 radical (unpaired) electrons. The van der Waals surface area contributed by atoms with Crippen LogP contribution in [0, 0.1) is 0 Å². The summed E-state index contributed by atoms with van der Waals surface area (Å²) in [6.07, 6.45) is 7.64. The van der Waals surface area contributed by atoms with E-state index in [1.807, 2.05) is 68.1 Å². The molecule has 0 saturated heterocycles. The van der Waals surface area contributed by atoms with Gasteiger partial charge in [-0.1, -0.05) is 12.1 Å². The summed E-state index contributed by atoms with van der Waals surface area (Å²) in [7, 11) is 1.61. The van der Waals surface area contributed by atoms with Gasteiger partial charge in [0.2, 0.25) is 0 Å². The standard InChI is InChI=1S/C20H20N4O3.C2H6S/c1-3-27-18-12-14(8-9-17(18)26-2)13-23-15-6-4-7-16(19(15)22-20(23)25)24-11-5-10-21-24;1-3-2/h4-12H,3,13H2,1-2H3,(H,22,25);1-2H3. The second-order valence-electron chi connectivity index (χ2n) is 6.46. The van der Waals surface area contributed by atoms with Gasteiger partial charge in [-0.3, -0.25) is 4.57 Å². The average molecular weight is 427 g/mol. The number of nitrogens with zero attached hydrogens (tertiary/aromatic N) is 3. The molecule has 7 nitrogen and oxygen atoms in total. The highest BCUT2D eigenvalue weighted by Gasteiger charge is 2.13. The molecule has 0 aliphatic heterocycles. The number of para-hydroxylation sites is 1. The number of nitrogens with one attached hydrogen (secondary N) is 1. The number of fused-ring (bicyclic) bond motifs is 1. The quantitative estimate of drug-likeness (QED) is 0.505. The lowest BCUT2D eigenvalue weighted by atomic mass is 10.2. The summed E-state index contributed by atoms with van der Waals surface area (Å²) in [6, 6.07) is 13.3. The first-order valence-corrected chi connectivity index (χ1v) is 11.2. The van der Waals surface area contributed by atoms with Gasteiger partial charge in [0.15, 0.2) is 11.5 Å². The molecule has 4 aromatic rings. The van der Waals surface area contributed by atoms with Crippen LogP contribution in [0.2, 0.25) is 0 Å². The first-order chi connectivity index (χ1) is 14.6. The molecule has 0 bridgehead atoms. The third-order valence-corrected chi connectivity index (χ3v) is 4.41. The normalized spacial score (nSPS) is 10.5. The highest BCUT2D eigenvalue weighted by molar-refractivity contribution is 7.97. The molecule has 0 amide bonds. The molecule has 0 unspecified atom stereocenters. The van der Waals surface area contributed by atoms with E-state index < -0.39 is 0 Å². The van der Waals surface area contributed by atoms with Crippen LogP contribution in [0.1, 0.15) is 12.5 Å². The van der Waals surface area contributed by atoms with Gasteiger partial charge in [-0.15, -0.1) is 0 Å². The minimum atomic E-state index is -0.168. The lowest BCUT2D eigenvalue weighted by Crippen LogP contribution is -2.17. The van der Waals surface area contributed by atoms with Crippen molar-refractivity contribution in [1.29, 1.82) is 0 Å². The number of imidazole rings is 1. The third kappa shape index (κ3) is 4.54. The van der Waals surface area contributed by atoms with Crippen molar-refractivity contribution in [2.24, 2.45) is 0 Å². The Balaban J connectivity index is 0.000000806. The van der Waals surface area contributed by atoms with Crippen molar-refractivity contribution in [3.8, 4) is 17.2 Å². The number of rotatable bonds is 6. The van der Waals surface area contributed by atoms with E-state index in [0.717, 1.165) is 22.3 Å². The number of ether oxygens (including phenoxy) is 2. The van der Waals surface area contributed by atoms with Crippen LogP contribution in [0.4, 0.5) is 0 Å². The van der Waals surface area contributed by atoms with Crippen molar-refractivity contribution in [3.63, 3.8) is 0 Å². The Bertz CT molecular complexity index is 1150. The molecule has 0 aliphatic carbocycles. The number of hydrogen-bond acceptors (Lipinski definition) is 5. The first kappa shape index (κ1) is 21.6. The molecule has 8 heteroatoms. The largest absolute Gasteiger partial charge is 0.493 e. The maximum absolute atomic E-state index is 12.6. The van der Waals surface area contributed by atoms with E-state index in [0.29, 0.717) is 24.7 Å². The summed E-state index contributed by atoms with van der Waals surface area (Å²) in [5.41, 5.74) is 3.19. The molecule has 1 N–H and O–H groups in total. The van der Waals surface area contributed by atoms with Crippen LogP contribution >= 0.6 is 11.8 Å². The predicted molar refractivity (Wildman–Crippen MR) is 122 cm³/mol. The Labute approximate surface area is 179 Å². The molecule has 2 aromatic carbocycles. The van der Waals surface area contributed by atoms with Gasteiger partial charge < -0.3 is 14.5 Å². The highest BCUT2D eigenvalue weighted by Crippen LogP contribution is 2.29. The topological polar surface area (TPSA) is 74.1 Å². The molecular formula is C22H26N4O3S.